The number of nitrogens with two attached hydrogens (primary N) is 1. The van der Waals surface area contributed by atoms with Gasteiger partial charge in [0, 0.05) is 24.3 Å². The summed E-state index contributed by atoms with van der Waals surface area (Å²) in [5.41, 5.74) is 8.38. The Hall–Kier alpha value is -1.02. The Kier molecular flexibility index (Phi) is 4.30. The van der Waals surface area contributed by atoms with Gasteiger partial charge in [0.2, 0.25) is 0 Å². The highest BCUT2D eigenvalue weighted by Crippen LogP contribution is 2.40. The molecule has 2 unspecified atom stereocenters. The molecule has 1 aromatic carbocycles. The fourth-order valence-electron chi connectivity index (χ4n) is 3.86. The Bertz CT molecular complexity index is 422. The number of rotatable bonds is 5. The van der Waals surface area contributed by atoms with Crippen molar-refractivity contribution in [3.8, 4) is 0 Å². The second kappa shape index (κ2) is 6.17. The first-order valence-electron chi connectivity index (χ1n) is 8.40. The number of nitrogens with zero attached hydrogens (tertiary/aromatic N) is 1. The van der Waals surface area contributed by atoms with Crippen molar-refractivity contribution in [2.45, 2.75) is 70.5 Å². The Morgan fingerprint density at radius 3 is 2.35 bits per heavy atom. The maximum Gasteiger partial charge on any atom is 0.0371 e. The molecule has 20 heavy (non-hydrogen) atoms. The van der Waals surface area contributed by atoms with Gasteiger partial charge in [0.05, 0.1) is 0 Å². The molecule has 2 saturated carbocycles. The Morgan fingerprint density at radius 2 is 1.75 bits per heavy atom. The molecule has 0 aliphatic heterocycles. The van der Waals surface area contributed by atoms with Gasteiger partial charge in [-0.3, -0.25) is 0 Å². The summed E-state index contributed by atoms with van der Waals surface area (Å²) in [5.74, 6) is 0.888. The maximum absolute atomic E-state index is 5.72. The van der Waals surface area contributed by atoms with Gasteiger partial charge < -0.3 is 10.6 Å². The summed E-state index contributed by atoms with van der Waals surface area (Å²) in [6, 6.07) is 10.6. The summed E-state index contributed by atoms with van der Waals surface area (Å²) in [6.45, 7) is 3.01. The molecule has 110 valence electrons. The standard InChI is InChI=1S/C18H28N2/c1-2-15-5-3-4-6-18(15)20(17-11-12-17)16-9-7-14(13-19)8-10-16/h7-10,15,17-18H,2-6,11-13,19H2,1H3. The van der Waals surface area contributed by atoms with Crippen LogP contribution in [0.4, 0.5) is 5.69 Å². The third-order valence-electron chi connectivity index (χ3n) is 5.16. The topological polar surface area (TPSA) is 29.3 Å². The van der Waals surface area contributed by atoms with Crippen LogP contribution in [0.5, 0.6) is 0 Å². The number of anilines is 1. The lowest BCUT2D eigenvalue weighted by molar-refractivity contribution is 0.283. The summed E-state index contributed by atoms with van der Waals surface area (Å²) in [6.07, 6.45) is 9.73. The molecule has 0 aromatic heterocycles. The molecule has 0 amide bonds. The average molecular weight is 272 g/mol. The predicted molar refractivity (Wildman–Crippen MR) is 85.9 cm³/mol. The van der Waals surface area contributed by atoms with Crippen molar-refractivity contribution in [2.24, 2.45) is 11.7 Å². The fraction of sp³-hybridized carbons (Fsp3) is 0.667. The molecular weight excluding hydrogens is 244 g/mol. The van der Waals surface area contributed by atoms with E-state index in [0.717, 1.165) is 18.0 Å². The lowest BCUT2D eigenvalue weighted by atomic mass is 9.81. The van der Waals surface area contributed by atoms with Crippen molar-refractivity contribution in [2.75, 3.05) is 4.90 Å². The summed E-state index contributed by atoms with van der Waals surface area (Å²) in [4.78, 5) is 2.76. The minimum absolute atomic E-state index is 0.644. The molecule has 2 atom stereocenters. The van der Waals surface area contributed by atoms with Gasteiger partial charge in [-0.25, -0.2) is 0 Å². The van der Waals surface area contributed by atoms with E-state index in [1.165, 1.54) is 56.2 Å². The van der Waals surface area contributed by atoms with E-state index in [9.17, 15) is 0 Å². The smallest absolute Gasteiger partial charge is 0.0371 e. The summed E-state index contributed by atoms with van der Waals surface area (Å²) in [7, 11) is 0. The van der Waals surface area contributed by atoms with E-state index < -0.39 is 0 Å². The highest BCUT2D eigenvalue weighted by Gasteiger charge is 2.37. The van der Waals surface area contributed by atoms with Gasteiger partial charge in [-0.05, 0) is 49.3 Å². The van der Waals surface area contributed by atoms with E-state index in [1.54, 1.807) is 0 Å². The molecule has 0 heterocycles. The zero-order valence-corrected chi connectivity index (χ0v) is 12.7. The number of benzene rings is 1. The van der Waals surface area contributed by atoms with E-state index in [-0.39, 0.29) is 0 Å². The zero-order chi connectivity index (χ0) is 13.9. The third kappa shape index (κ3) is 2.85. The molecule has 0 bridgehead atoms. The predicted octanol–water partition coefficient (Wildman–Crippen LogP) is 4.08. The van der Waals surface area contributed by atoms with Crippen molar-refractivity contribution in [3.05, 3.63) is 29.8 Å². The quantitative estimate of drug-likeness (QED) is 0.875. The van der Waals surface area contributed by atoms with Crippen LogP contribution in [0.3, 0.4) is 0 Å². The second-order valence-electron chi connectivity index (χ2n) is 6.53. The molecule has 0 radical (unpaired) electrons. The monoisotopic (exact) mass is 272 g/mol. The normalized spacial score (nSPS) is 26.5. The van der Waals surface area contributed by atoms with Crippen molar-refractivity contribution >= 4 is 5.69 Å². The lowest BCUT2D eigenvalue weighted by Gasteiger charge is -2.41. The van der Waals surface area contributed by atoms with Crippen LogP contribution in [-0.2, 0) is 6.54 Å². The summed E-state index contributed by atoms with van der Waals surface area (Å²) in [5, 5.41) is 0. The molecule has 2 fully saturated rings. The molecule has 0 spiro atoms. The third-order valence-corrected chi connectivity index (χ3v) is 5.16. The number of hydrogen-bond donors (Lipinski definition) is 1. The van der Waals surface area contributed by atoms with Crippen molar-refractivity contribution in [1.29, 1.82) is 0 Å². The second-order valence-corrected chi connectivity index (χ2v) is 6.53. The van der Waals surface area contributed by atoms with E-state index in [1.807, 2.05) is 0 Å². The minimum Gasteiger partial charge on any atom is -0.365 e. The van der Waals surface area contributed by atoms with Crippen LogP contribution < -0.4 is 10.6 Å². The van der Waals surface area contributed by atoms with Crippen LogP contribution in [0.15, 0.2) is 24.3 Å². The molecule has 1 aromatic rings. The largest absolute Gasteiger partial charge is 0.365 e. The Morgan fingerprint density at radius 1 is 1.05 bits per heavy atom. The first-order chi connectivity index (χ1) is 9.83. The van der Waals surface area contributed by atoms with Gasteiger partial charge >= 0.3 is 0 Å². The van der Waals surface area contributed by atoms with Crippen molar-refractivity contribution in [1.82, 2.24) is 0 Å². The van der Waals surface area contributed by atoms with Crippen LogP contribution in [0.1, 0.15) is 57.4 Å². The Balaban J connectivity index is 1.83. The van der Waals surface area contributed by atoms with Gasteiger partial charge in [-0.2, -0.15) is 0 Å². The van der Waals surface area contributed by atoms with Gasteiger partial charge in [0.25, 0.3) is 0 Å². The van der Waals surface area contributed by atoms with E-state index in [0.29, 0.717) is 6.54 Å². The Labute approximate surface area is 123 Å². The van der Waals surface area contributed by atoms with Crippen molar-refractivity contribution < 1.29 is 0 Å². The molecular formula is C18H28N2. The van der Waals surface area contributed by atoms with Crippen LogP contribution in [0.25, 0.3) is 0 Å². The van der Waals surface area contributed by atoms with E-state index >= 15 is 0 Å². The molecule has 2 aliphatic carbocycles. The first-order valence-corrected chi connectivity index (χ1v) is 8.40. The highest BCUT2D eigenvalue weighted by molar-refractivity contribution is 5.51. The van der Waals surface area contributed by atoms with Gasteiger partial charge in [-0.1, -0.05) is 38.3 Å². The average Bonchev–Trinajstić information content (AvgIpc) is 3.33. The van der Waals surface area contributed by atoms with Gasteiger partial charge in [0.15, 0.2) is 0 Å². The fourth-order valence-corrected chi connectivity index (χ4v) is 3.86. The molecule has 2 aliphatic rings. The number of hydrogen-bond acceptors (Lipinski definition) is 2. The zero-order valence-electron chi connectivity index (χ0n) is 12.7. The summed E-state index contributed by atoms with van der Waals surface area (Å²) >= 11 is 0. The molecule has 2 N–H and O–H groups in total. The van der Waals surface area contributed by atoms with Gasteiger partial charge in [0.1, 0.15) is 0 Å². The van der Waals surface area contributed by atoms with Crippen LogP contribution in [-0.4, -0.2) is 12.1 Å². The van der Waals surface area contributed by atoms with Crippen LogP contribution in [0.2, 0.25) is 0 Å². The van der Waals surface area contributed by atoms with Crippen LogP contribution >= 0.6 is 0 Å². The van der Waals surface area contributed by atoms with E-state index in [2.05, 4.69) is 36.1 Å². The lowest BCUT2D eigenvalue weighted by Crippen LogP contribution is -2.44. The molecule has 2 nitrogen and oxygen atoms in total. The summed E-state index contributed by atoms with van der Waals surface area (Å²) < 4.78 is 0. The molecule has 2 heteroatoms. The highest BCUT2D eigenvalue weighted by atomic mass is 15.2. The SMILES string of the molecule is CCC1CCCCC1N(c1ccc(CN)cc1)C1CC1. The maximum atomic E-state index is 5.72. The van der Waals surface area contributed by atoms with Crippen molar-refractivity contribution in [3.63, 3.8) is 0 Å². The van der Waals surface area contributed by atoms with E-state index in [4.69, 9.17) is 5.73 Å². The molecule has 3 rings (SSSR count). The first kappa shape index (κ1) is 13.9. The van der Waals surface area contributed by atoms with Crippen LogP contribution in [0, 0.1) is 5.92 Å². The minimum atomic E-state index is 0.644. The van der Waals surface area contributed by atoms with Gasteiger partial charge in [-0.15, -0.1) is 0 Å². The molecule has 0 saturated heterocycles.